The van der Waals surface area contributed by atoms with Crippen molar-refractivity contribution in [1.29, 1.82) is 0 Å². The summed E-state index contributed by atoms with van der Waals surface area (Å²) in [4.78, 5) is 6.65. The molecule has 2 heterocycles. The van der Waals surface area contributed by atoms with Crippen LogP contribution in [0.1, 0.15) is 45.1 Å². The van der Waals surface area contributed by atoms with Crippen LogP contribution in [0.4, 0.5) is 0 Å². The molecule has 19 heavy (non-hydrogen) atoms. The van der Waals surface area contributed by atoms with Gasteiger partial charge >= 0.3 is 0 Å². The van der Waals surface area contributed by atoms with Crippen LogP contribution in [0.25, 0.3) is 0 Å². The molecule has 1 aliphatic heterocycles. The average molecular weight is 262 g/mol. The number of aliphatic hydroxyl groups is 1. The molecule has 0 aliphatic carbocycles. The van der Waals surface area contributed by atoms with Gasteiger partial charge in [0, 0.05) is 24.4 Å². The van der Waals surface area contributed by atoms with E-state index in [0.29, 0.717) is 6.42 Å². The van der Waals surface area contributed by atoms with Crippen molar-refractivity contribution in [2.75, 3.05) is 13.1 Å². The van der Waals surface area contributed by atoms with Gasteiger partial charge in [0.1, 0.15) is 0 Å². The van der Waals surface area contributed by atoms with E-state index in [2.05, 4.69) is 29.8 Å². The summed E-state index contributed by atoms with van der Waals surface area (Å²) >= 11 is 0. The standard InChI is InChI=1S/C16H26N2O/c1-3-16(4-2,18-10-5-6-11-18)15(19)12-14-8-7-9-17-13-14/h7-9,13,15,19H,3-6,10-12H2,1-2H3. The van der Waals surface area contributed by atoms with E-state index >= 15 is 0 Å². The van der Waals surface area contributed by atoms with Crippen molar-refractivity contribution in [2.24, 2.45) is 0 Å². The quantitative estimate of drug-likeness (QED) is 0.856. The normalized spacial score (nSPS) is 18.7. The number of nitrogens with zero attached hydrogens (tertiary/aromatic N) is 2. The maximum absolute atomic E-state index is 10.8. The highest BCUT2D eigenvalue weighted by Crippen LogP contribution is 2.32. The van der Waals surface area contributed by atoms with E-state index < -0.39 is 0 Å². The molecule has 3 heteroatoms. The molecular weight excluding hydrogens is 236 g/mol. The maximum Gasteiger partial charge on any atom is 0.0764 e. The van der Waals surface area contributed by atoms with Crippen molar-refractivity contribution in [3.05, 3.63) is 30.1 Å². The third-order valence-corrected chi connectivity index (χ3v) is 4.73. The predicted octanol–water partition coefficient (Wildman–Crippen LogP) is 2.64. The van der Waals surface area contributed by atoms with E-state index in [1.165, 1.54) is 12.8 Å². The second kappa shape index (κ2) is 6.49. The molecule has 1 unspecified atom stereocenters. The zero-order valence-electron chi connectivity index (χ0n) is 12.2. The van der Waals surface area contributed by atoms with Crippen LogP contribution in [0.5, 0.6) is 0 Å². The zero-order valence-corrected chi connectivity index (χ0v) is 12.2. The minimum Gasteiger partial charge on any atom is -0.391 e. The molecule has 0 amide bonds. The monoisotopic (exact) mass is 262 g/mol. The van der Waals surface area contributed by atoms with Crippen LogP contribution in [0.3, 0.4) is 0 Å². The third kappa shape index (κ3) is 2.98. The molecule has 3 nitrogen and oxygen atoms in total. The zero-order chi connectivity index (χ0) is 13.7. The van der Waals surface area contributed by atoms with Crippen molar-refractivity contribution in [3.8, 4) is 0 Å². The van der Waals surface area contributed by atoms with Crippen LogP contribution in [-0.4, -0.2) is 39.7 Å². The van der Waals surface area contributed by atoms with Crippen LogP contribution in [0, 0.1) is 0 Å². The van der Waals surface area contributed by atoms with Crippen LogP contribution in [0.15, 0.2) is 24.5 Å². The summed E-state index contributed by atoms with van der Waals surface area (Å²) in [5, 5.41) is 10.8. The van der Waals surface area contributed by atoms with Crippen molar-refractivity contribution >= 4 is 0 Å². The minimum absolute atomic E-state index is 0.0632. The van der Waals surface area contributed by atoms with E-state index in [-0.39, 0.29) is 11.6 Å². The molecule has 0 spiro atoms. The molecule has 0 radical (unpaired) electrons. The third-order valence-electron chi connectivity index (χ3n) is 4.73. The summed E-state index contributed by atoms with van der Waals surface area (Å²) in [6, 6.07) is 3.99. The molecular formula is C16H26N2O. The fraction of sp³-hybridized carbons (Fsp3) is 0.688. The number of likely N-dealkylation sites (tertiary alicyclic amines) is 1. The lowest BCUT2D eigenvalue weighted by Gasteiger charge is -2.44. The fourth-order valence-corrected chi connectivity index (χ4v) is 3.47. The van der Waals surface area contributed by atoms with Crippen molar-refractivity contribution < 1.29 is 5.11 Å². The van der Waals surface area contributed by atoms with Gasteiger partial charge in [-0.25, -0.2) is 0 Å². The minimum atomic E-state index is -0.315. The number of aliphatic hydroxyl groups excluding tert-OH is 1. The smallest absolute Gasteiger partial charge is 0.0764 e. The number of hydrogen-bond donors (Lipinski definition) is 1. The van der Waals surface area contributed by atoms with E-state index in [1.807, 2.05) is 12.3 Å². The van der Waals surface area contributed by atoms with Gasteiger partial charge in [0.15, 0.2) is 0 Å². The van der Waals surface area contributed by atoms with Gasteiger partial charge in [-0.1, -0.05) is 19.9 Å². The first-order chi connectivity index (χ1) is 9.23. The second-order valence-electron chi connectivity index (χ2n) is 5.59. The van der Waals surface area contributed by atoms with Gasteiger partial charge in [0.05, 0.1) is 6.10 Å². The summed E-state index contributed by atoms with van der Waals surface area (Å²) in [5.41, 5.74) is 1.06. The number of hydrogen-bond acceptors (Lipinski definition) is 3. The van der Waals surface area contributed by atoms with E-state index in [9.17, 15) is 5.11 Å². The molecule has 1 fully saturated rings. The van der Waals surface area contributed by atoms with Gasteiger partial charge in [-0.15, -0.1) is 0 Å². The maximum atomic E-state index is 10.8. The highest BCUT2D eigenvalue weighted by molar-refractivity contribution is 5.12. The Morgan fingerprint density at radius 3 is 2.53 bits per heavy atom. The lowest BCUT2D eigenvalue weighted by Crippen LogP contribution is -2.55. The molecule has 1 aliphatic rings. The largest absolute Gasteiger partial charge is 0.391 e. The highest BCUT2D eigenvalue weighted by Gasteiger charge is 2.41. The number of pyridine rings is 1. The SMILES string of the molecule is CCC(CC)(C(O)Cc1cccnc1)N1CCCC1. The Labute approximate surface area is 116 Å². The molecule has 1 aromatic rings. The summed E-state index contributed by atoms with van der Waals surface area (Å²) in [6.07, 6.45) is 8.57. The molecule has 2 rings (SSSR count). The molecule has 1 aromatic heterocycles. The van der Waals surface area contributed by atoms with E-state index in [0.717, 1.165) is 31.5 Å². The Morgan fingerprint density at radius 2 is 2.00 bits per heavy atom. The Hall–Kier alpha value is -0.930. The summed E-state index contributed by atoms with van der Waals surface area (Å²) < 4.78 is 0. The lowest BCUT2D eigenvalue weighted by molar-refractivity contribution is -0.0270. The summed E-state index contributed by atoms with van der Waals surface area (Å²) in [5.74, 6) is 0. The fourth-order valence-electron chi connectivity index (χ4n) is 3.47. The summed E-state index contributed by atoms with van der Waals surface area (Å²) in [6.45, 7) is 6.67. The molecule has 1 saturated heterocycles. The van der Waals surface area contributed by atoms with E-state index in [4.69, 9.17) is 0 Å². The van der Waals surface area contributed by atoms with Crippen LogP contribution >= 0.6 is 0 Å². The van der Waals surface area contributed by atoms with Crippen LogP contribution in [0.2, 0.25) is 0 Å². The summed E-state index contributed by atoms with van der Waals surface area (Å²) in [7, 11) is 0. The van der Waals surface area contributed by atoms with Crippen molar-refractivity contribution in [2.45, 2.75) is 57.6 Å². The molecule has 1 N–H and O–H groups in total. The Bertz CT molecular complexity index is 370. The van der Waals surface area contributed by atoms with Gasteiger partial charge in [0.25, 0.3) is 0 Å². The van der Waals surface area contributed by atoms with Gasteiger partial charge in [0.2, 0.25) is 0 Å². The Kier molecular flexibility index (Phi) is 4.94. The predicted molar refractivity (Wildman–Crippen MR) is 78.1 cm³/mol. The van der Waals surface area contributed by atoms with Gasteiger partial charge in [-0.2, -0.15) is 0 Å². The van der Waals surface area contributed by atoms with Crippen molar-refractivity contribution in [1.82, 2.24) is 9.88 Å². The Morgan fingerprint density at radius 1 is 1.32 bits per heavy atom. The van der Waals surface area contributed by atoms with E-state index in [1.54, 1.807) is 6.20 Å². The van der Waals surface area contributed by atoms with Crippen LogP contribution in [-0.2, 0) is 6.42 Å². The average Bonchev–Trinajstić information content (AvgIpc) is 2.96. The van der Waals surface area contributed by atoms with Crippen molar-refractivity contribution in [3.63, 3.8) is 0 Å². The topological polar surface area (TPSA) is 36.4 Å². The first-order valence-corrected chi connectivity index (χ1v) is 7.55. The second-order valence-corrected chi connectivity index (χ2v) is 5.59. The van der Waals surface area contributed by atoms with Gasteiger partial charge in [-0.05, 0) is 50.4 Å². The number of rotatable bonds is 6. The lowest BCUT2D eigenvalue weighted by atomic mass is 9.82. The molecule has 106 valence electrons. The van der Waals surface area contributed by atoms with Crippen LogP contribution < -0.4 is 0 Å². The number of aromatic nitrogens is 1. The molecule has 0 saturated carbocycles. The first kappa shape index (κ1) is 14.5. The molecule has 0 aromatic carbocycles. The molecule has 1 atom stereocenters. The van der Waals surface area contributed by atoms with Gasteiger partial charge < -0.3 is 5.11 Å². The Balaban J connectivity index is 2.13. The molecule has 0 bridgehead atoms. The highest BCUT2D eigenvalue weighted by atomic mass is 16.3. The first-order valence-electron chi connectivity index (χ1n) is 7.55. The van der Waals surface area contributed by atoms with Gasteiger partial charge in [-0.3, -0.25) is 9.88 Å².